The van der Waals surface area contributed by atoms with E-state index in [1.54, 1.807) is 29.9 Å². The van der Waals surface area contributed by atoms with Crippen LogP contribution < -0.4 is 5.32 Å². The zero-order chi connectivity index (χ0) is 18.4. The Kier molecular flexibility index (Phi) is 6.33. The fourth-order valence-corrected chi connectivity index (χ4v) is 2.45. The molecule has 25 heavy (non-hydrogen) atoms. The fourth-order valence-electron chi connectivity index (χ4n) is 2.45. The van der Waals surface area contributed by atoms with E-state index in [1.807, 2.05) is 32.9 Å². The fraction of sp³-hybridized carbons (Fsp3) is 0.421. The second-order valence-electron chi connectivity index (χ2n) is 6.04. The number of carbonyl (C=O) groups is 2. The molecule has 6 nitrogen and oxygen atoms in total. The van der Waals surface area contributed by atoms with Gasteiger partial charge >= 0.3 is 5.97 Å². The molecule has 0 fully saturated rings. The number of carbonyl (C=O) groups excluding carboxylic acids is 2. The molecule has 0 unspecified atom stereocenters. The number of esters is 1. The van der Waals surface area contributed by atoms with Gasteiger partial charge in [-0.15, -0.1) is 0 Å². The zero-order valence-electron chi connectivity index (χ0n) is 15.2. The summed E-state index contributed by atoms with van der Waals surface area (Å²) in [6.45, 7) is 9.26. The zero-order valence-corrected chi connectivity index (χ0v) is 15.2. The lowest BCUT2D eigenvalue weighted by Crippen LogP contribution is -2.23. The number of ether oxygens (including phenoxy) is 1. The van der Waals surface area contributed by atoms with Crippen molar-refractivity contribution in [2.45, 2.75) is 46.7 Å². The highest BCUT2D eigenvalue weighted by Gasteiger charge is 2.18. The highest BCUT2D eigenvalue weighted by atomic mass is 16.5. The Morgan fingerprint density at radius 2 is 1.88 bits per heavy atom. The molecule has 0 radical (unpaired) electrons. The molecule has 0 aliphatic carbocycles. The van der Waals surface area contributed by atoms with Gasteiger partial charge in [-0.25, -0.2) is 4.79 Å². The first-order chi connectivity index (χ1) is 12.0. The monoisotopic (exact) mass is 343 g/mol. The van der Waals surface area contributed by atoms with E-state index in [-0.39, 0.29) is 17.8 Å². The van der Waals surface area contributed by atoms with Gasteiger partial charge in [-0.1, -0.05) is 26.0 Å². The molecule has 1 aromatic carbocycles. The van der Waals surface area contributed by atoms with Gasteiger partial charge in [-0.2, -0.15) is 5.10 Å². The first-order valence-electron chi connectivity index (χ1n) is 8.57. The van der Waals surface area contributed by atoms with Gasteiger partial charge in [0.25, 0.3) is 5.91 Å². The summed E-state index contributed by atoms with van der Waals surface area (Å²) >= 11 is 0. The third kappa shape index (κ3) is 4.68. The summed E-state index contributed by atoms with van der Waals surface area (Å²) in [6.07, 6.45) is 1.79. The van der Waals surface area contributed by atoms with Crippen molar-refractivity contribution < 1.29 is 14.3 Å². The molecule has 0 aliphatic rings. The molecule has 0 spiro atoms. The van der Waals surface area contributed by atoms with Crippen LogP contribution in [0.3, 0.4) is 0 Å². The maximum Gasteiger partial charge on any atom is 0.338 e. The van der Waals surface area contributed by atoms with Crippen molar-refractivity contribution in [1.29, 1.82) is 0 Å². The summed E-state index contributed by atoms with van der Waals surface area (Å²) in [4.78, 5) is 24.1. The van der Waals surface area contributed by atoms with Crippen molar-refractivity contribution in [2.75, 3.05) is 6.61 Å². The molecule has 0 aliphatic heterocycles. The van der Waals surface area contributed by atoms with Crippen LogP contribution in [0.15, 0.2) is 30.5 Å². The van der Waals surface area contributed by atoms with Crippen molar-refractivity contribution in [3.8, 4) is 0 Å². The van der Waals surface area contributed by atoms with Crippen LogP contribution in [-0.2, 0) is 17.8 Å². The third-order valence-electron chi connectivity index (χ3n) is 3.82. The van der Waals surface area contributed by atoms with Crippen molar-refractivity contribution in [1.82, 2.24) is 15.1 Å². The van der Waals surface area contributed by atoms with Crippen LogP contribution in [0, 0.1) is 0 Å². The summed E-state index contributed by atoms with van der Waals surface area (Å²) < 4.78 is 6.73. The number of rotatable bonds is 7. The van der Waals surface area contributed by atoms with Crippen LogP contribution in [0.1, 0.15) is 65.6 Å². The average molecular weight is 343 g/mol. The molecule has 6 heteroatoms. The summed E-state index contributed by atoms with van der Waals surface area (Å²) in [5.74, 6) is -0.304. The van der Waals surface area contributed by atoms with Gasteiger partial charge < -0.3 is 10.1 Å². The van der Waals surface area contributed by atoms with E-state index in [4.69, 9.17) is 4.74 Å². The highest BCUT2D eigenvalue weighted by Crippen LogP contribution is 2.18. The number of hydrogen-bond acceptors (Lipinski definition) is 4. The summed E-state index contributed by atoms with van der Waals surface area (Å²) in [7, 11) is 0. The van der Waals surface area contributed by atoms with E-state index in [2.05, 4.69) is 10.4 Å². The number of hydrogen-bond donors (Lipinski definition) is 1. The van der Waals surface area contributed by atoms with Crippen molar-refractivity contribution in [3.63, 3.8) is 0 Å². The highest BCUT2D eigenvalue weighted by molar-refractivity contribution is 5.95. The van der Waals surface area contributed by atoms with Crippen LogP contribution >= 0.6 is 0 Å². The number of benzene rings is 1. The minimum absolute atomic E-state index is 0.141. The van der Waals surface area contributed by atoms with E-state index in [1.165, 1.54) is 0 Å². The Balaban J connectivity index is 2.03. The normalized spacial score (nSPS) is 10.8. The molecule has 0 bridgehead atoms. The molecule has 1 amide bonds. The van der Waals surface area contributed by atoms with E-state index in [0.717, 1.165) is 17.8 Å². The van der Waals surface area contributed by atoms with Gasteiger partial charge in [-0.3, -0.25) is 9.48 Å². The van der Waals surface area contributed by atoms with Crippen molar-refractivity contribution >= 4 is 11.9 Å². The van der Waals surface area contributed by atoms with Crippen LogP contribution in [0.4, 0.5) is 0 Å². The molecular weight excluding hydrogens is 318 g/mol. The molecule has 0 saturated heterocycles. The first kappa shape index (κ1) is 18.7. The topological polar surface area (TPSA) is 73.2 Å². The Bertz CT molecular complexity index is 733. The van der Waals surface area contributed by atoms with E-state index in [9.17, 15) is 9.59 Å². The van der Waals surface area contributed by atoms with Gasteiger partial charge in [0.05, 0.1) is 23.4 Å². The summed E-state index contributed by atoms with van der Waals surface area (Å²) in [5.41, 5.74) is 2.83. The van der Waals surface area contributed by atoms with Gasteiger partial charge in [-0.05, 0) is 37.5 Å². The molecule has 1 heterocycles. The lowest BCUT2D eigenvalue weighted by Gasteiger charge is -2.08. The Morgan fingerprint density at radius 1 is 1.20 bits per heavy atom. The summed E-state index contributed by atoms with van der Waals surface area (Å²) in [5, 5.41) is 7.37. The Labute approximate surface area is 148 Å². The number of aryl methyl sites for hydroxylation is 1. The van der Waals surface area contributed by atoms with Crippen molar-refractivity contribution in [3.05, 3.63) is 52.8 Å². The summed E-state index contributed by atoms with van der Waals surface area (Å²) in [6, 6.07) is 7.03. The molecule has 0 saturated carbocycles. The predicted octanol–water partition coefficient (Wildman–Crippen LogP) is 3.13. The lowest BCUT2D eigenvalue weighted by atomic mass is 10.1. The van der Waals surface area contributed by atoms with Gasteiger partial charge in [0.2, 0.25) is 0 Å². The van der Waals surface area contributed by atoms with Crippen LogP contribution in [0.2, 0.25) is 0 Å². The SMILES string of the molecule is CCOC(=O)c1ccc(CNC(=O)c2cn(CC)nc2C(C)C)cc1. The van der Waals surface area contributed by atoms with Gasteiger partial charge in [0.1, 0.15) is 0 Å². The Morgan fingerprint density at radius 3 is 2.44 bits per heavy atom. The smallest absolute Gasteiger partial charge is 0.338 e. The lowest BCUT2D eigenvalue weighted by molar-refractivity contribution is 0.0526. The van der Waals surface area contributed by atoms with Crippen LogP contribution in [-0.4, -0.2) is 28.3 Å². The number of nitrogens with zero attached hydrogens (tertiary/aromatic N) is 2. The number of amides is 1. The standard InChI is InChI=1S/C19H25N3O3/c1-5-22-12-16(17(21-22)13(3)4)18(23)20-11-14-7-9-15(10-8-14)19(24)25-6-2/h7-10,12-13H,5-6,11H2,1-4H3,(H,20,23). The quantitative estimate of drug-likeness (QED) is 0.784. The third-order valence-corrected chi connectivity index (χ3v) is 3.82. The average Bonchev–Trinajstić information content (AvgIpc) is 3.05. The maximum atomic E-state index is 12.5. The second-order valence-corrected chi connectivity index (χ2v) is 6.04. The van der Waals surface area contributed by atoms with Crippen molar-refractivity contribution in [2.24, 2.45) is 0 Å². The van der Waals surface area contributed by atoms with Gasteiger partial charge in [0.15, 0.2) is 0 Å². The number of nitrogens with one attached hydrogen (secondary N) is 1. The molecule has 134 valence electrons. The first-order valence-corrected chi connectivity index (χ1v) is 8.57. The van der Waals surface area contributed by atoms with Crippen LogP contribution in [0.25, 0.3) is 0 Å². The second kappa shape index (κ2) is 8.46. The van der Waals surface area contributed by atoms with Gasteiger partial charge in [0, 0.05) is 19.3 Å². The minimum Gasteiger partial charge on any atom is -0.462 e. The minimum atomic E-state index is -0.341. The predicted molar refractivity (Wildman–Crippen MR) is 95.6 cm³/mol. The van der Waals surface area contributed by atoms with E-state index >= 15 is 0 Å². The molecule has 0 atom stereocenters. The number of aromatic nitrogens is 2. The van der Waals surface area contributed by atoms with E-state index < -0.39 is 0 Å². The Hall–Kier alpha value is -2.63. The molecule has 2 rings (SSSR count). The molecular formula is C19H25N3O3. The van der Waals surface area contributed by atoms with Crippen LogP contribution in [0.5, 0.6) is 0 Å². The molecule has 2 aromatic rings. The molecule has 1 N–H and O–H groups in total. The molecule has 1 aromatic heterocycles. The maximum absolute atomic E-state index is 12.5. The van der Waals surface area contributed by atoms with E-state index in [0.29, 0.717) is 24.3 Å². The largest absolute Gasteiger partial charge is 0.462 e.